The van der Waals surface area contributed by atoms with E-state index in [0.29, 0.717) is 5.69 Å². The highest BCUT2D eigenvalue weighted by Gasteiger charge is 2.13. The first-order valence-corrected chi connectivity index (χ1v) is 4.43. The van der Waals surface area contributed by atoms with Crippen molar-refractivity contribution in [1.82, 2.24) is 9.97 Å². The molecule has 0 saturated heterocycles. The Balaban J connectivity index is 2.78. The second-order valence-corrected chi connectivity index (χ2v) is 4.36. The minimum Gasteiger partial charge on any atom is -0.390 e. The predicted octanol–water partition coefficient (Wildman–Crippen LogP) is 1.56. The molecule has 72 valence electrons. The Kier molecular flexibility index (Phi) is 2.98. The molecule has 1 aromatic rings. The lowest BCUT2D eigenvalue weighted by atomic mass is 9.92. The van der Waals surface area contributed by atoms with Crippen LogP contribution in [0.15, 0.2) is 12.3 Å². The fraction of sp³-hybridized carbons (Fsp3) is 0.600. The molecule has 0 unspecified atom stereocenters. The van der Waals surface area contributed by atoms with Gasteiger partial charge in [-0.05, 0) is 11.5 Å². The van der Waals surface area contributed by atoms with Crippen LogP contribution >= 0.6 is 0 Å². The summed E-state index contributed by atoms with van der Waals surface area (Å²) < 4.78 is 0. The lowest BCUT2D eigenvalue weighted by Crippen LogP contribution is -2.12. The van der Waals surface area contributed by atoms with Crippen LogP contribution in [0.5, 0.6) is 0 Å². The summed E-state index contributed by atoms with van der Waals surface area (Å²) in [4.78, 5) is 8.37. The molecular formula is C10H16N2O. The predicted molar refractivity (Wildman–Crippen MR) is 51.1 cm³/mol. The average Bonchev–Trinajstić information content (AvgIpc) is 2.01. The van der Waals surface area contributed by atoms with Gasteiger partial charge in [0, 0.05) is 12.6 Å². The zero-order valence-corrected chi connectivity index (χ0v) is 8.41. The normalized spacial score (nSPS) is 11.7. The quantitative estimate of drug-likeness (QED) is 0.751. The molecule has 0 amide bonds. The van der Waals surface area contributed by atoms with Gasteiger partial charge >= 0.3 is 0 Å². The summed E-state index contributed by atoms with van der Waals surface area (Å²) in [6.45, 7) is 6.41. The van der Waals surface area contributed by atoms with Crippen LogP contribution in [0, 0.1) is 5.41 Å². The van der Waals surface area contributed by atoms with Crippen molar-refractivity contribution in [3.63, 3.8) is 0 Å². The van der Waals surface area contributed by atoms with Crippen molar-refractivity contribution in [2.45, 2.75) is 33.8 Å². The fourth-order valence-electron chi connectivity index (χ4n) is 1.09. The first-order valence-electron chi connectivity index (χ1n) is 4.43. The van der Waals surface area contributed by atoms with E-state index < -0.39 is 0 Å². The van der Waals surface area contributed by atoms with Crippen molar-refractivity contribution < 1.29 is 5.11 Å². The first kappa shape index (κ1) is 10.1. The summed E-state index contributed by atoms with van der Waals surface area (Å²) in [6, 6.07) is 1.73. The van der Waals surface area contributed by atoms with Gasteiger partial charge in [-0.15, -0.1) is 0 Å². The molecule has 0 radical (unpaired) electrons. The molecule has 0 spiro atoms. The van der Waals surface area contributed by atoms with Crippen LogP contribution in [-0.2, 0) is 13.0 Å². The third-order valence-electron chi connectivity index (χ3n) is 1.61. The number of rotatable bonds is 2. The Morgan fingerprint density at radius 1 is 1.38 bits per heavy atom. The highest BCUT2D eigenvalue weighted by atomic mass is 16.3. The Morgan fingerprint density at radius 2 is 2.08 bits per heavy atom. The summed E-state index contributed by atoms with van der Waals surface area (Å²) in [5.74, 6) is 0.805. The molecule has 0 atom stereocenters. The van der Waals surface area contributed by atoms with E-state index in [2.05, 4.69) is 30.7 Å². The summed E-state index contributed by atoms with van der Waals surface area (Å²) in [5, 5.41) is 8.87. The van der Waals surface area contributed by atoms with Crippen LogP contribution in [0.25, 0.3) is 0 Å². The third kappa shape index (κ3) is 3.51. The van der Waals surface area contributed by atoms with E-state index in [4.69, 9.17) is 5.11 Å². The monoisotopic (exact) mass is 180 g/mol. The minimum atomic E-state index is -0.0142. The molecule has 3 nitrogen and oxygen atoms in total. The highest BCUT2D eigenvalue weighted by Crippen LogP contribution is 2.17. The number of aromatic nitrogens is 2. The van der Waals surface area contributed by atoms with Crippen LogP contribution in [0.1, 0.15) is 32.3 Å². The number of nitrogens with zero attached hydrogens (tertiary/aromatic N) is 2. The Hall–Kier alpha value is -0.960. The molecule has 1 aromatic heterocycles. The first-order chi connectivity index (χ1) is 6.01. The van der Waals surface area contributed by atoms with Crippen LogP contribution in [0.4, 0.5) is 0 Å². The Morgan fingerprint density at radius 3 is 2.62 bits per heavy atom. The van der Waals surface area contributed by atoms with Crippen LogP contribution in [-0.4, -0.2) is 15.1 Å². The van der Waals surface area contributed by atoms with Gasteiger partial charge < -0.3 is 5.11 Å². The minimum absolute atomic E-state index is 0.0142. The van der Waals surface area contributed by atoms with E-state index in [9.17, 15) is 0 Å². The third-order valence-corrected chi connectivity index (χ3v) is 1.61. The standard InChI is InChI=1S/C10H16N2O/c1-10(2,3)6-9-11-5-4-8(7-13)12-9/h4-5,13H,6-7H2,1-3H3. The molecule has 1 heterocycles. The fourth-order valence-corrected chi connectivity index (χ4v) is 1.09. The maximum Gasteiger partial charge on any atom is 0.129 e. The van der Waals surface area contributed by atoms with Crippen LogP contribution in [0.3, 0.4) is 0 Å². The van der Waals surface area contributed by atoms with Gasteiger partial charge in [0.2, 0.25) is 0 Å². The average molecular weight is 180 g/mol. The van der Waals surface area contributed by atoms with Crippen LogP contribution in [0.2, 0.25) is 0 Å². The molecule has 3 heteroatoms. The van der Waals surface area contributed by atoms with Crippen molar-refractivity contribution in [1.29, 1.82) is 0 Å². The van der Waals surface area contributed by atoms with Crippen LogP contribution < -0.4 is 0 Å². The van der Waals surface area contributed by atoms with Gasteiger partial charge in [-0.2, -0.15) is 0 Å². The maximum absolute atomic E-state index is 8.87. The number of aliphatic hydroxyl groups is 1. The van der Waals surface area contributed by atoms with Gasteiger partial charge in [0.15, 0.2) is 0 Å². The molecule has 0 aliphatic heterocycles. The van der Waals surface area contributed by atoms with E-state index >= 15 is 0 Å². The summed E-state index contributed by atoms with van der Waals surface area (Å²) >= 11 is 0. The van der Waals surface area contributed by atoms with E-state index in [-0.39, 0.29) is 12.0 Å². The largest absolute Gasteiger partial charge is 0.390 e. The lowest BCUT2D eigenvalue weighted by molar-refractivity contribution is 0.275. The SMILES string of the molecule is CC(C)(C)Cc1nccc(CO)n1. The van der Waals surface area contributed by atoms with E-state index in [1.54, 1.807) is 12.3 Å². The zero-order chi connectivity index (χ0) is 9.90. The number of aliphatic hydroxyl groups excluding tert-OH is 1. The second kappa shape index (κ2) is 3.83. The number of hydrogen-bond donors (Lipinski definition) is 1. The molecule has 0 aliphatic rings. The van der Waals surface area contributed by atoms with Gasteiger partial charge in [0.1, 0.15) is 5.82 Å². The molecule has 0 aliphatic carbocycles. The number of hydrogen-bond acceptors (Lipinski definition) is 3. The molecule has 1 rings (SSSR count). The van der Waals surface area contributed by atoms with Gasteiger partial charge in [0.05, 0.1) is 12.3 Å². The molecule has 1 N–H and O–H groups in total. The van der Waals surface area contributed by atoms with Crippen molar-refractivity contribution >= 4 is 0 Å². The van der Waals surface area contributed by atoms with Gasteiger partial charge in [-0.1, -0.05) is 20.8 Å². The van der Waals surface area contributed by atoms with Crippen molar-refractivity contribution in [2.75, 3.05) is 0 Å². The highest BCUT2D eigenvalue weighted by molar-refractivity contribution is 5.02. The molecule has 13 heavy (non-hydrogen) atoms. The molecule has 0 bridgehead atoms. The molecule has 0 saturated carbocycles. The van der Waals surface area contributed by atoms with E-state index in [0.717, 1.165) is 12.2 Å². The Bertz CT molecular complexity index is 278. The van der Waals surface area contributed by atoms with E-state index in [1.165, 1.54) is 0 Å². The van der Waals surface area contributed by atoms with E-state index in [1.807, 2.05) is 0 Å². The lowest BCUT2D eigenvalue weighted by Gasteiger charge is -2.16. The molecule has 0 fully saturated rings. The summed E-state index contributed by atoms with van der Waals surface area (Å²) in [5.41, 5.74) is 0.878. The van der Waals surface area contributed by atoms with Gasteiger partial charge in [-0.3, -0.25) is 0 Å². The topological polar surface area (TPSA) is 46.0 Å². The second-order valence-electron chi connectivity index (χ2n) is 4.36. The van der Waals surface area contributed by atoms with Crippen molar-refractivity contribution in [3.05, 3.63) is 23.8 Å². The summed E-state index contributed by atoms with van der Waals surface area (Å²) in [6.07, 6.45) is 2.53. The van der Waals surface area contributed by atoms with Crippen molar-refractivity contribution in [3.8, 4) is 0 Å². The molecule has 0 aromatic carbocycles. The smallest absolute Gasteiger partial charge is 0.129 e. The molecular weight excluding hydrogens is 164 g/mol. The summed E-state index contributed by atoms with van der Waals surface area (Å²) in [7, 11) is 0. The zero-order valence-electron chi connectivity index (χ0n) is 8.41. The van der Waals surface area contributed by atoms with Gasteiger partial charge in [-0.25, -0.2) is 9.97 Å². The van der Waals surface area contributed by atoms with Gasteiger partial charge in [0.25, 0.3) is 0 Å². The Labute approximate surface area is 78.9 Å². The van der Waals surface area contributed by atoms with Crippen molar-refractivity contribution in [2.24, 2.45) is 5.41 Å². The maximum atomic E-state index is 8.87.